The van der Waals surface area contributed by atoms with E-state index >= 15 is 0 Å². The van der Waals surface area contributed by atoms with Crippen molar-refractivity contribution in [2.24, 2.45) is 0 Å². The van der Waals surface area contributed by atoms with Crippen LogP contribution in [-0.4, -0.2) is 20.0 Å². The van der Waals surface area contributed by atoms with Gasteiger partial charge in [0.2, 0.25) is 5.89 Å². The first-order chi connectivity index (χ1) is 11.7. The summed E-state index contributed by atoms with van der Waals surface area (Å²) in [6.07, 6.45) is 1.74. The summed E-state index contributed by atoms with van der Waals surface area (Å²) in [5, 5.41) is 13.4. The Kier molecular flexibility index (Phi) is 3.63. The van der Waals surface area contributed by atoms with E-state index in [1.165, 1.54) is 0 Å². The molecule has 0 aliphatic carbocycles. The van der Waals surface area contributed by atoms with Crippen LogP contribution >= 0.6 is 11.6 Å². The molecule has 4 rings (SSSR count). The normalized spacial score (nSPS) is 10.9. The molecule has 0 N–H and O–H groups in total. The number of hydrogen-bond donors (Lipinski definition) is 0. The van der Waals surface area contributed by atoms with Gasteiger partial charge in [0.05, 0.1) is 23.1 Å². The van der Waals surface area contributed by atoms with Gasteiger partial charge in [-0.1, -0.05) is 29.8 Å². The van der Waals surface area contributed by atoms with Crippen LogP contribution in [0.4, 0.5) is 0 Å². The Hall–Kier alpha value is -2.92. The first kappa shape index (κ1) is 14.7. The SMILES string of the molecule is Cc1c(-c2nnc(-c3ccc(Cl)cc3)o2)cnn1-c1ccccc1. The van der Waals surface area contributed by atoms with E-state index in [1.54, 1.807) is 18.3 Å². The van der Waals surface area contributed by atoms with Crippen molar-refractivity contribution in [3.8, 4) is 28.6 Å². The second-order valence-electron chi connectivity index (χ2n) is 5.31. The van der Waals surface area contributed by atoms with Gasteiger partial charge in [-0.25, -0.2) is 4.68 Å². The molecule has 0 aliphatic rings. The molecule has 0 fully saturated rings. The molecule has 0 unspecified atom stereocenters. The zero-order chi connectivity index (χ0) is 16.5. The van der Waals surface area contributed by atoms with Crippen LogP contribution in [0.2, 0.25) is 5.02 Å². The van der Waals surface area contributed by atoms with Crippen molar-refractivity contribution in [3.63, 3.8) is 0 Å². The van der Waals surface area contributed by atoms with Gasteiger partial charge in [-0.05, 0) is 43.3 Å². The van der Waals surface area contributed by atoms with Crippen LogP contribution < -0.4 is 0 Å². The van der Waals surface area contributed by atoms with Gasteiger partial charge in [-0.15, -0.1) is 10.2 Å². The monoisotopic (exact) mass is 336 g/mol. The third kappa shape index (κ3) is 2.59. The first-order valence-corrected chi connectivity index (χ1v) is 7.80. The fourth-order valence-electron chi connectivity index (χ4n) is 2.49. The molecule has 0 bridgehead atoms. The zero-order valence-electron chi connectivity index (χ0n) is 12.8. The lowest BCUT2D eigenvalue weighted by Crippen LogP contribution is -1.98. The number of aromatic nitrogens is 4. The highest BCUT2D eigenvalue weighted by Gasteiger charge is 2.16. The predicted octanol–water partition coefficient (Wildman–Crippen LogP) is 4.55. The molecule has 2 heterocycles. The molecule has 6 heteroatoms. The molecule has 5 nitrogen and oxygen atoms in total. The summed E-state index contributed by atoms with van der Waals surface area (Å²) in [7, 11) is 0. The molecule has 24 heavy (non-hydrogen) atoms. The molecule has 0 spiro atoms. The van der Waals surface area contributed by atoms with E-state index in [0.717, 1.165) is 22.5 Å². The van der Waals surface area contributed by atoms with Gasteiger partial charge >= 0.3 is 0 Å². The second kappa shape index (κ2) is 5.94. The summed E-state index contributed by atoms with van der Waals surface area (Å²) < 4.78 is 7.66. The maximum absolute atomic E-state index is 5.90. The fourth-order valence-corrected chi connectivity index (χ4v) is 2.62. The lowest BCUT2D eigenvalue weighted by atomic mass is 10.2. The molecule has 2 aromatic carbocycles. The van der Waals surface area contributed by atoms with E-state index in [0.29, 0.717) is 16.8 Å². The van der Waals surface area contributed by atoms with Crippen molar-refractivity contribution in [3.05, 3.63) is 71.5 Å². The summed E-state index contributed by atoms with van der Waals surface area (Å²) in [6.45, 7) is 1.97. The van der Waals surface area contributed by atoms with Crippen LogP contribution in [0.5, 0.6) is 0 Å². The first-order valence-electron chi connectivity index (χ1n) is 7.42. The predicted molar refractivity (Wildman–Crippen MR) is 92.0 cm³/mol. The highest BCUT2D eigenvalue weighted by atomic mass is 35.5. The van der Waals surface area contributed by atoms with E-state index in [2.05, 4.69) is 15.3 Å². The van der Waals surface area contributed by atoms with Crippen LogP contribution in [0.25, 0.3) is 28.6 Å². The topological polar surface area (TPSA) is 56.7 Å². The summed E-state index contributed by atoms with van der Waals surface area (Å²) in [5.74, 6) is 0.896. The van der Waals surface area contributed by atoms with Crippen LogP contribution in [0.15, 0.2) is 65.2 Å². The van der Waals surface area contributed by atoms with Crippen molar-refractivity contribution >= 4 is 11.6 Å². The summed E-state index contributed by atoms with van der Waals surface area (Å²) in [6, 6.07) is 17.2. The highest BCUT2D eigenvalue weighted by molar-refractivity contribution is 6.30. The summed E-state index contributed by atoms with van der Waals surface area (Å²) in [5.41, 5.74) is 3.56. The standard InChI is InChI=1S/C18H13ClN4O/c1-12-16(11-20-23(12)15-5-3-2-4-6-15)18-22-21-17(24-18)13-7-9-14(19)10-8-13/h2-11H,1H3. The minimum Gasteiger partial charge on any atom is -0.416 e. The Bertz CT molecular complexity index is 974. The Balaban J connectivity index is 1.71. The van der Waals surface area contributed by atoms with Gasteiger partial charge < -0.3 is 4.42 Å². The number of hydrogen-bond acceptors (Lipinski definition) is 4. The second-order valence-corrected chi connectivity index (χ2v) is 5.75. The number of para-hydroxylation sites is 1. The van der Waals surface area contributed by atoms with Crippen LogP contribution in [0.1, 0.15) is 5.69 Å². The van der Waals surface area contributed by atoms with Crippen molar-refractivity contribution in [2.45, 2.75) is 6.92 Å². The van der Waals surface area contributed by atoms with Gasteiger partial charge in [0.25, 0.3) is 5.89 Å². The third-order valence-corrected chi connectivity index (χ3v) is 4.01. The molecular formula is C18H13ClN4O. The van der Waals surface area contributed by atoms with Crippen molar-refractivity contribution in [1.82, 2.24) is 20.0 Å². The molecule has 0 radical (unpaired) electrons. The summed E-state index contributed by atoms with van der Waals surface area (Å²) in [4.78, 5) is 0. The van der Waals surface area contributed by atoms with E-state index in [4.69, 9.17) is 16.0 Å². The Morgan fingerprint density at radius 2 is 1.62 bits per heavy atom. The average Bonchev–Trinajstić information content (AvgIpc) is 3.23. The van der Waals surface area contributed by atoms with Crippen LogP contribution in [0.3, 0.4) is 0 Å². The zero-order valence-corrected chi connectivity index (χ0v) is 13.6. The molecule has 4 aromatic rings. The molecule has 0 saturated heterocycles. The van der Waals surface area contributed by atoms with Crippen molar-refractivity contribution < 1.29 is 4.42 Å². The molecule has 0 aliphatic heterocycles. The highest BCUT2D eigenvalue weighted by Crippen LogP contribution is 2.27. The lowest BCUT2D eigenvalue weighted by Gasteiger charge is -2.03. The molecule has 0 saturated carbocycles. The van der Waals surface area contributed by atoms with E-state index in [1.807, 2.05) is 54.1 Å². The van der Waals surface area contributed by atoms with Crippen molar-refractivity contribution in [1.29, 1.82) is 0 Å². The minimum atomic E-state index is 0.444. The molecule has 0 amide bonds. The molecule has 0 atom stereocenters. The van der Waals surface area contributed by atoms with Crippen molar-refractivity contribution in [2.75, 3.05) is 0 Å². The average molecular weight is 337 g/mol. The van der Waals surface area contributed by atoms with Gasteiger partial charge in [0.1, 0.15) is 0 Å². The van der Waals surface area contributed by atoms with Crippen LogP contribution in [0, 0.1) is 6.92 Å². The number of halogens is 1. The number of benzene rings is 2. The number of nitrogens with zero attached hydrogens (tertiary/aromatic N) is 4. The Labute approximate surface area is 143 Å². The smallest absolute Gasteiger partial charge is 0.251 e. The molecule has 2 aromatic heterocycles. The third-order valence-electron chi connectivity index (χ3n) is 3.76. The van der Waals surface area contributed by atoms with Gasteiger partial charge in [0, 0.05) is 10.6 Å². The van der Waals surface area contributed by atoms with E-state index < -0.39 is 0 Å². The maximum Gasteiger partial charge on any atom is 0.251 e. The Morgan fingerprint density at radius 1 is 0.917 bits per heavy atom. The largest absolute Gasteiger partial charge is 0.416 e. The van der Waals surface area contributed by atoms with E-state index in [9.17, 15) is 0 Å². The molecule has 118 valence electrons. The minimum absolute atomic E-state index is 0.444. The van der Waals surface area contributed by atoms with Crippen LogP contribution in [-0.2, 0) is 0 Å². The quantitative estimate of drug-likeness (QED) is 0.550. The lowest BCUT2D eigenvalue weighted by molar-refractivity contribution is 0.584. The van der Waals surface area contributed by atoms with Gasteiger partial charge in [-0.3, -0.25) is 0 Å². The Morgan fingerprint density at radius 3 is 2.38 bits per heavy atom. The maximum atomic E-state index is 5.90. The number of rotatable bonds is 3. The van der Waals surface area contributed by atoms with E-state index in [-0.39, 0.29) is 0 Å². The summed E-state index contributed by atoms with van der Waals surface area (Å²) >= 11 is 5.90. The fraction of sp³-hybridized carbons (Fsp3) is 0.0556. The molecular weight excluding hydrogens is 324 g/mol. The van der Waals surface area contributed by atoms with Gasteiger partial charge in [-0.2, -0.15) is 5.10 Å². The van der Waals surface area contributed by atoms with Gasteiger partial charge in [0.15, 0.2) is 0 Å².